The first-order chi connectivity index (χ1) is 13.4. The number of nitrogens with one attached hydrogen (secondary N) is 1. The smallest absolute Gasteiger partial charge is 0.417 e. The Bertz CT molecular complexity index is 945. The van der Waals surface area contributed by atoms with E-state index in [0.717, 1.165) is 27.9 Å². The van der Waals surface area contributed by atoms with Gasteiger partial charge in [0, 0.05) is 6.20 Å². The lowest BCUT2D eigenvalue weighted by atomic mass is 10.2. The summed E-state index contributed by atoms with van der Waals surface area (Å²) >= 11 is 3.46. The molecule has 0 unspecified atom stereocenters. The molecule has 28 heavy (non-hydrogen) atoms. The van der Waals surface area contributed by atoms with Crippen molar-refractivity contribution >= 4 is 28.0 Å². The second-order valence-electron chi connectivity index (χ2n) is 5.76. The highest BCUT2D eigenvalue weighted by Gasteiger charge is 2.30. The molecule has 1 heterocycles. The highest BCUT2D eigenvalue weighted by atomic mass is 79.9. The number of hydrogen-bond donors (Lipinski definition) is 1. The Morgan fingerprint density at radius 2 is 1.86 bits per heavy atom. The molecule has 0 bridgehead atoms. The Morgan fingerprint density at radius 3 is 2.50 bits per heavy atom. The molecule has 0 aliphatic heterocycles. The second kappa shape index (κ2) is 8.88. The molecule has 3 rings (SSSR count). The number of aromatic nitrogens is 1. The van der Waals surface area contributed by atoms with Gasteiger partial charge in [-0.25, -0.2) is 4.98 Å². The van der Waals surface area contributed by atoms with E-state index < -0.39 is 11.7 Å². The van der Waals surface area contributed by atoms with Gasteiger partial charge in [0.2, 0.25) is 0 Å². The third kappa shape index (κ3) is 5.56. The topological polar surface area (TPSA) is 46.5 Å². The molecule has 0 radical (unpaired) electrons. The maximum Gasteiger partial charge on any atom is 0.417 e. The summed E-state index contributed by atoms with van der Waals surface area (Å²) in [6, 6.07) is 17.4. The monoisotopic (exact) mass is 449 g/mol. The lowest BCUT2D eigenvalue weighted by Crippen LogP contribution is -2.05. The van der Waals surface area contributed by atoms with Crippen LogP contribution >= 0.6 is 15.9 Å². The van der Waals surface area contributed by atoms with Crippen molar-refractivity contribution in [3.05, 3.63) is 88.0 Å². The Hall–Kier alpha value is -2.87. The van der Waals surface area contributed by atoms with Crippen molar-refractivity contribution in [1.29, 1.82) is 0 Å². The van der Waals surface area contributed by atoms with Crippen molar-refractivity contribution < 1.29 is 17.9 Å². The fourth-order valence-corrected chi connectivity index (χ4v) is 2.76. The molecule has 0 aliphatic carbocycles. The number of nitrogens with zero attached hydrogens (tertiary/aromatic N) is 2. The van der Waals surface area contributed by atoms with Gasteiger partial charge in [-0.05, 0) is 57.4 Å². The zero-order valence-corrected chi connectivity index (χ0v) is 16.0. The molecule has 2 aromatic carbocycles. The maximum absolute atomic E-state index is 12.5. The van der Waals surface area contributed by atoms with Crippen molar-refractivity contribution in [2.75, 3.05) is 5.43 Å². The van der Waals surface area contributed by atoms with Gasteiger partial charge in [-0.3, -0.25) is 5.43 Å². The van der Waals surface area contributed by atoms with Crippen LogP contribution in [0.2, 0.25) is 0 Å². The van der Waals surface area contributed by atoms with Crippen LogP contribution < -0.4 is 10.2 Å². The molecule has 8 heteroatoms. The molecule has 3 aromatic rings. The lowest BCUT2D eigenvalue weighted by Gasteiger charge is -2.09. The highest BCUT2D eigenvalue weighted by Crippen LogP contribution is 2.29. The minimum absolute atomic E-state index is 0.214. The fourth-order valence-electron chi connectivity index (χ4n) is 2.25. The molecule has 1 N–H and O–H groups in total. The fraction of sp³-hybridized carbons (Fsp3) is 0.100. The van der Waals surface area contributed by atoms with Crippen LogP contribution in [0.3, 0.4) is 0 Å². The predicted octanol–water partition coefficient (Wildman–Crippen LogP) is 5.89. The van der Waals surface area contributed by atoms with Crippen LogP contribution in [0.4, 0.5) is 19.0 Å². The van der Waals surface area contributed by atoms with E-state index in [-0.39, 0.29) is 5.82 Å². The Kier molecular flexibility index (Phi) is 6.30. The molecule has 4 nitrogen and oxygen atoms in total. The van der Waals surface area contributed by atoms with Gasteiger partial charge in [-0.2, -0.15) is 18.3 Å². The van der Waals surface area contributed by atoms with Gasteiger partial charge >= 0.3 is 6.18 Å². The SMILES string of the molecule is FC(F)(F)c1ccc(N/N=C\c2ccc(OCc3ccccc3)c(Br)c2)nc1. The largest absolute Gasteiger partial charge is 0.488 e. The first-order valence-electron chi connectivity index (χ1n) is 8.20. The van der Waals surface area contributed by atoms with Gasteiger partial charge in [-0.15, -0.1) is 0 Å². The molecule has 1 aromatic heterocycles. The van der Waals surface area contributed by atoms with Crippen molar-refractivity contribution in [3.8, 4) is 5.75 Å². The molecule has 0 spiro atoms. The molecule has 0 saturated heterocycles. The average molecular weight is 450 g/mol. The van der Waals surface area contributed by atoms with E-state index >= 15 is 0 Å². The van der Waals surface area contributed by atoms with Gasteiger partial charge in [0.15, 0.2) is 0 Å². The number of benzene rings is 2. The zero-order valence-electron chi connectivity index (χ0n) is 14.4. The summed E-state index contributed by atoms with van der Waals surface area (Å²) in [5, 5.41) is 3.99. The Morgan fingerprint density at radius 1 is 1.07 bits per heavy atom. The molecule has 0 aliphatic rings. The molecule has 0 atom stereocenters. The van der Waals surface area contributed by atoms with E-state index in [1.807, 2.05) is 48.5 Å². The van der Waals surface area contributed by atoms with Crippen molar-refractivity contribution in [2.45, 2.75) is 12.8 Å². The summed E-state index contributed by atoms with van der Waals surface area (Å²) in [4.78, 5) is 3.69. The van der Waals surface area contributed by atoms with E-state index in [4.69, 9.17) is 4.74 Å². The number of halogens is 4. The number of alkyl halides is 3. The van der Waals surface area contributed by atoms with Gasteiger partial charge < -0.3 is 4.74 Å². The standard InChI is InChI=1S/C20H15BrF3N3O/c21-17-10-15(6-8-18(17)28-13-14-4-2-1-3-5-14)11-26-27-19-9-7-16(12-25-19)20(22,23)24/h1-12H,13H2,(H,25,27)/b26-11-. The van der Waals surface area contributed by atoms with Crippen LogP contribution in [0, 0.1) is 0 Å². The third-order valence-electron chi connectivity index (χ3n) is 3.68. The molecule has 0 fully saturated rings. The quantitative estimate of drug-likeness (QED) is 0.377. The predicted molar refractivity (Wildman–Crippen MR) is 105 cm³/mol. The van der Waals surface area contributed by atoms with E-state index in [1.165, 1.54) is 12.3 Å². The van der Waals surface area contributed by atoms with Gasteiger partial charge in [0.25, 0.3) is 0 Å². The number of anilines is 1. The normalized spacial score (nSPS) is 11.6. The summed E-state index contributed by atoms with van der Waals surface area (Å²) in [5.41, 5.74) is 3.63. The summed E-state index contributed by atoms with van der Waals surface area (Å²) in [6.45, 7) is 0.452. The molecule has 0 amide bonds. The van der Waals surface area contributed by atoms with Crippen LogP contribution in [0.15, 0.2) is 76.4 Å². The minimum Gasteiger partial charge on any atom is -0.488 e. The summed E-state index contributed by atoms with van der Waals surface area (Å²) in [7, 11) is 0. The zero-order chi connectivity index (χ0) is 20.0. The number of ether oxygens (including phenoxy) is 1. The van der Waals surface area contributed by atoms with Crippen LogP contribution in [0.5, 0.6) is 5.75 Å². The van der Waals surface area contributed by atoms with E-state index in [9.17, 15) is 13.2 Å². The number of hydrazone groups is 1. The lowest BCUT2D eigenvalue weighted by molar-refractivity contribution is -0.137. The average Bonchev–Trinajstić information content (AvgIpc) is 2.68. The van der Waals surface area contributed by atoms with Crippen LogP contribution in [-0.4, -0.2) is 11.2 Å². The van der Waals surface area contributed by atoms with Crippen LogP contribution in [-0.2, 0) is 12.8 Å². The van der Waals surface area contributed by atoms with Gasteiger partial charge in [-0.1, -0.05) is 30.3 Å². The van der Waals surface area contributed by atoms with Crippen molar-refractivity contribution in [1.82, 2.24) is 4.98 Å². The molecule has 0 saturated carbocycles. The van der Waals surface area contributed by atoms with E-state index in [2.05, 4.69) is 31.4 Å². The first-order valence-corrected chi connectivity index (χ1v) is 9.00. The molecular weight excluding hydrogens is 435 g/mol. The van der Waals surface area contributed by atoms with E-state index in [1.54, 1.807) is 0 Å². The van der Waals surface area contributed by atoms with Crippen LogP contribution in [0.25, 0.3) is 0 Å². The molecule has 144 valence electrons. The Balaban J connectivity index is 1.58. The van der Waals surface area contributed by atoms with Crippen molar-refractivity contribution in [2.24, 2.45) is 5.10 Å². The number of pyridine rings is 1. The highest BCUT2D eigenvalue weighted by molar-refractivity contribution is 9.10. The second-order valence-corrected chi connectivity index (χ2v) is 6.62. The van der Waals surface area contributed by atoms with Gasteiger partial charge in [0.05, 0.1) is 16.3 Å². The molecular formula is C20H15BrF3N3O. The summed E-state index contributed by atoms with van der Waals surface area (Å²) in [5.74, 6) is 0.907. The number of hydrogen-bond acceptors (Lipinski definition) is 4. The van der Waals surface area contributed by atoms with E-state index in [0.29, 0.717) is 12.4 Å². The maximum atomic E-state index is 12.5. The first kappa shape index (κ1) is 19.9. The number of rotatable bonds is 6. The summed E-state index contributed by atoms with van der Waals surface area (Å²) in [6.07, 6.45) is -2.12. The minimum atomic E-state index is -4.41. The third-order valence-corrected chi connectivity index (χ3v) is 4.30. The van der Waals surface area contributed by atoms with Crippen LogP contribution in [0.1, 0.15) is 16.7 Å². The summed E-state index contributed by atoms with van der Waals surface area (Å²) < 4.78 is 44.1. The Labute approximate surface area is 168 Å². The van der Waals surface area contributed by atoms with Crippen molar-refractivity contribution in [3.63, 3.8) is 0 Å². The van der Waals surface area contributed by atoms with Gasteiger partial charge in [0.1, 0.15) is 18.2 Å².